The van der Waals surface area contributed by atoms with Crippen LogP contribution in [0.4, 0.5) is 4.79 Å². The molecular formula is C7H13N3O3. The lowest BCUT2D eigenvalue weighted by molar-refractivity contribution is -0.135. The Kier molecular flexibility index (Phi) is 2.42. The number of nitrogens with two attached hydrogens (primary N) is 2. The van der Waals surface area contributed by atoms with Crippen LogP contribution in [0.1, 0.15) is 0 Å². The van der Waals surface area contributed by atoms with Crippen LogP contribution in [0.5, 0.6) is 0 Å². The molecule has 0 aromatic carbocycles. The molecule has 6 nitrogen and oxygen atoms in total. The molecule has 1 fully saturated rings. The SMILES string of the molecule is COC(=O)N1CC(CN)(C(N)=O)C1. The van der Waals surface area contributed by atoms with Crippen molar-refractivity contribution in [2.45, 2.75) is 0 Å². The number of likely N-dealkylation sites (tertiary alicyclic amines) is 1. The van der Waals surface area contributed by atoms with Crippen LogP contribution in [0, 0.1) is 5.41 Å². The Labute approximate surface area is 75.8 Å². The van der Waals surface area contributed by atoms with Gasteiger partial charge in [0.05, 0.1) is 12.5 Å². The van der Waals surface area contributed by atoms with E-state index in [9.17, 15) is 9.59 Å². The van der Waals surface area contributed by atoms with Crippen LogP contribution in [0.3, 0.4) is 0 Å². The largest absolute Gasteiger partial charge is 0.453 e. The summed E-state index contributed by atoms with van der Waals surface area (Å²) in [6, 6.07) is 0. The number of ether oxygens (including phenoxy) is 1. The highest BCUT2D eigenvalue weighted by Crippen LogP contribution is 2.29. The van der Waals surface area contributed by atoms with E-state index in [-0.39, 0.29) is 19.6 Å². The van der Waals surface area contributed by atoms with Gasteiger partial charge in [-0.2, -0.15) is 0 Å². The third-order valence-corrected chi connectivity index (χ3v) is 2.33. The molecule has 0 saturated carbocycles. The molecule has 6 heteroatoms. The first-order valence-electron chi connectivity index (χ1n) is 3.88. The van der Waals surface area contributed by atoms with Crippen molar-refractivity contribution in [3.63, 3.8) is 0 Å². The maximum Gasteiger partial charge on any atom is 0.409 e. The number of amides is 2. The Balaban J connectivity index is 2.54. The van der Waals surface area contributed by atoms with Gasteiger partial charge in [-0.25, -0.2) is 4.79 Å². The van der Waals surface area contributed by atoms with Crippen molar-refractivity contribution < 1.29 is 14.3 Å². The molecule has 1 saturated heterocycles. The summed E-state index contributed by atoms with van der Waals surface area (Å²) in [4.78, 5) is 23.3. The zero-order valence-electron chi connectivity index (χ0n) is 7.45. The quantitative estimate of drug-likeness (QED) is 0.549. The van der Waals surface area contributed by atoms with E-state index in [0.29, 0.717) is 0 Å². The van der Waals surface area contributed by atoms with Gasteiger partial charge in [0.1, 0.15) is 0 Å². The van der Waals surface area contributed by atoms with Crippen LogP contribution < -0.4 is 11.5 Å². The minimum atomic E-state index is -0.742. The molecule has 0 atom stereocenters. The summed E-state index contributed by atoms with van der Waals surface area (Å²) in [7, 11) is 1.29. The molecule has 74 valence electrons. The first-order valence-corrected chi connectivity index (χ1v) is 3.88. The van der Waals surface area contributed by atoms with E-state index in [2.05, 4.69) is 4.74 Å². The van der Waals surface area contributed by atoms with Crippen molar-refractivity contribution in [1.82, 2.24) is 4.90 Å². The van der Waals surface area contributed by atoms with Crippen molar-refractivity contribution in [3.05, 3.63) is 0 Å². The van der Waals surface area contributed by atoms with Crippen LogP contribution in [-0.4, -0.2) is 43.6 Å². The number of rotatable bonds is 2. The number of hydrogen-bond donors (Lipinski definition) is 2. The topological polar surface area (TPSA) is 98.7 Å². The maximum absolute atomic E-state index is 11.0. The zero-order chi connectivity index (χ0) is 10.1. The summed E-state index contributed by atoms with van der Waals surface area (Å²) in [5.74, 6) is -0.463. The molecule has 0 radical (unpaired) electrons. The molecular weight excluding hydrogens is 174 g/mol. The molecule has 0 aromatic heterocycles. The van der Waals surface area contributed by atoms with Crippen LogP contribution in [0.2, 0.25) is 0 Å². The van der Waals surface area contributed by atoms with Crippen molar-refractivity contribution in [2.24, 2.45) is 16.9 Å². The van der Waals surface area contributed by atoms with Gasteiger partial charge in [-0.1, -0.05) is 0 Å². The molecule has 0 spiro atoms. The average Bonchev–Trinajstić information content (AvgIpc) is 2.02. The van der Waals surface area contributed by atoms with Gasteiger partial charge in [-0.15, -0.1) is 0 Å². The van der Waals surface area contributed by atoms with Crippen molar-refractivity contribution in [3.8, 4) is 0 Å². The lowest BCUT2D eigenvalue weighted by Crippen LogP contribution is -2.66. The summed E-state index contributed by atoms with van der Waals surface area (Å²) < 4.78 is 4.47. The molecule has 4 N–H and O–H groups in total. The summed E-state index contributed by atoms with van der Waals surface area (Å²) >= 11 is 0. The predicted octanol–water partition coefficient (Wildman–Crippen LogP) is -1.50. The number of hydrogen-bond acceptors (Lipinski definition) is 4. The Bertz CT molecular complexity index is 235. The Hall–Kier alpha value is -1.30. The van der Waals surface area contributed by atoms with E-state index in [1.807, 2.05) is 0 Å². The molecule has 13 heavy (non-hydrogen) atoms. The standard InChI is InChI=1S/C7H13N3O3/c1-13-6(12)10-3-7(2-8,4-10)5(9)11/h2-4,8H2,1H3,(H2,9,11). The van der Waals surface area contributed by atoms with E-state index in [0.717, 1.165) is 0 Å². The van der Waals surface area contributed by atoms with Gasteiger partial charge in [0, 0.05) is 19.6 Å². The van der Waals surface area contributed by atoms with Crippen molar-refractivity contribution in [2.75, 3.05) is 26.7 Å². The lowest BCUT2D eigenvalue weighted by Gasteiger charge is -2.46. The molecule has 1 heterocycles. The second-order valence-corrected chi connectivity index (χ2v) is 3.17. The van der Waals surface area contributed by atoms with Gasteiger partial charge >= 0.3 is 6.09 Å². The van der Waals surface area contributed by atoms with Gasteiger partial charge in [0.25, 0.3) is 0 Å². The summed E-state index contributed by atoms with van der Waals surface area (Å²) in [6.07, 6.45) is -0.453. The summed E-state index contributed by atoms with van der Waals surface area (Å²) in [6.45, 7) is 0.673. The predicted molar refractivity (Wildman–Crippen MR) is 44.7 cm³/mol. The highest BCUT2D eigenvalue weighted by molar-refractivity contribution is 5.85. The van der Waals surface area contributed by atoms with Crippen LogP contribution in [0.15, 0.2) is 0 Å². The highest BCUT2D eigenvalue weighted by Gasteiger charge is 2.49. The second kappa shape index (κ2) is 3.21. The van der Waals surface area contributed by atoms with Crippen LogP contribution in [-0.2, 0) is 9.53 Å². The fraction of sp³-hybridized carbons (Fsp3) is 0.714. The maximum atomic E-state index is 11.0. The lowest BCUT2D eigenvalue weighted by atomic mass is 9.79. The average molecular weight is 187 g/mol. The molecule has 1 aliphatic heterocycles. The Morgan fingerprint density at radius 2 is 2.08 bits per heavy atom. The van der Waals surface area contributed by atoms with Gasteiger partial charge in [-0.3, -0.25) is 4.79 Å². The number of methoxy groups -OCH3 is 1. The van der Waals surface area contributed by atoms with Gasteiger partial charge < -0.3 is 21.1 Å². The second-order valence-electron chi connectivity index (χ2n) is 3.17. The molecule has 0 aliphatic carbocycles. The Morgan fingerprint density at radius 3 is 2.38 bits per heavy atom. The van der Waals surface area contributed by atoms with E-state index < -0.39 is 17.4 Å². The molecule has 1 aliphatic rings. The minimum Gasteiger partial charge on any atom is -0.453 e. The first-order chi connectivity index (χ1) is 6.05. The number of carbonyl (C=O) groups excluding carboxylic acids is 2. The summed E-state index contributed by atoms with van der Waals surface area (Å²) in [5.41, 5.74) is 9.80. The number of carbonyl (C=O) groups is 2. The Morgan fingerprint density at radius 1 is 1.54 bits per heavy atom. The first kappa shape index (κ1) is 9.79. The van der Waals surface area contributed by atoms with E-state index in [4.69, 9.17) is 11.5 Å². The van der Waals surface area contributed by atoms with Gasteiger partial charge in [0.2, 0.25) is 5.91 Å². The zero-order valence-corrected chi connectivity index (χ0v) is 7.45. The monoisotopic (exact) mass is 187 g/mol. The van der Waals surface area contributed by atoms with E-state index >= 15 is 0 Å². The van der Waals surface area contributed by atoms with Gasteiger partial charge in [0.15, 0.2) is 0 Å². The van der Waals surface area contributed by atoms with E-state index in [1.54, 1.807) is 0 Å². The fourth-order valence-electron chi connectivity index (χ4n) is 1.33. The van der Waals surface area contributed by atoms with Crippen molar-refractivity contribution in [1.29, 1.82) is 0 Å². The minimum absolute atomic E-state index is 0.163. The smallest absolute Gasteiger partial charge is 0.409 e. The highest BCUT2D eigenvalue weighted by atomic mass is 16.5. The van der Waals surface area contributed by atoms with Gasteiger partial charge in [-0.05, 0) is 0 Å². The molecule has 0 aromatic rings. The van der Waals surface area contributed by atoms with Crippen molar-refractivity contribution >= 4 is 12.0 Å². The molecule has 1 rings (SSSR count). The molecule has 0 unspecified atom stereocenters. The summed E-state index contributed by atoms with van der Waals surface area (Å²) in [5, 5.41) is 0. The fourth-order valence-corrected chi connectivity index (χ4v) is 1.33. The number of primary amides is 1. The molecule has 2 amide bonds. The van der Waals surface area contributed by atoms with E-state index in [1.165, 1.54) is 12.0 Å². The van der Waals surface area contributed by atoms with Crippen LogP contribution in [0.25, 0.3) is 0 Å². The number of nitrogens with zero attached hydrogens (tertiary/aromatic N) is 1. The molecule has 0 bridgehead atoms. The normalized spacial score (nSPS) is 19.1. The third kappa shape index (κ3) is 1.44. The third-order valence-electron chi connectivity index (χ3n) is 2.33. The van der Waals surface area contributed by atoms with Crippen LogP contribution >= 0.6 is 0 Å².